The molecular weight excluding hydrogens is 274 g/mol. The van der Waals surface area contributed by atoms with Gasteiger partial charge in [0.1, 0.15) is 5.76 Å². The third-order valence-corrected chi connectivity index (χ3v) is 3.01. The Kier molecular flexibility index (Phi) is 4.99. The predicted octanol–water partition coefficient (Wildman–Crippen LogP) is 0.841. The van der Waals surface area contributed by atoms with Crippen LogP contribution in [0.1, 0.15) is 12.7 Å². The fourth-order valence-electron chi connectivity index (χ4n) is 2.07. The van der Waals surface area contributed by atoms with Gasteiger partial charge in [-0.15, -0.1) is 0 Å². The summed E-state index contributed by atoms with van der Waals surface area (Å²) in [4.78, 5) is 25.3. The second-order valence-corrected chi connectivity index (χ2v) is 4.74. The highest BCUT2D eigenvalue weighted by Crippen LogP contribution is 2.11. The number of amides is 2. The fourth-order valence-corrected chi connectivity index (χ4v) is 2.07. The van der Waals surface area contributed by atoms with Crippen molar-refractivity contribution in [2.24, 2.45) is 0 Å². The minimum Gasteiger partial charge on any atom is -0.468 e. The highest BCUT2D eigenvalue weighted by Gasteiger charge is 2.24. The number of esters is 1. The average Bonchev–Trinajstić information content (AvgIpc) is 2.91. The molecule has 2 amide bonds. The van der Waals surface area contributed by atoms with Gasteiger partial charge in [0.2, 0.25) is 0 Å². The molecule has 0 fully saturated rings. The highest BCUT2D eigenvalue weighted by atomic mass is 16.5. The van der Waals surface area contributed by atoms with E-state index in [2.05, 4.69) is 10.6 Å². The number of ether oxygens (including phenoxy) is 1. The van der Waals surface area contributed by atoms with Gasteiger partial charge >= 0.3 is 12.0 Å². The maximum atomic E-state index is 11.9. The molecule has 0 radical (unpaired) electrons. The molecule has 1 aromatic heterocycles. The number of carbonyl (C=O) groups is 2. The van der Waals surface area contributed by atoms with Crippen molar-refractivity contribution in [2.75, 3.05) is 26.7 Å². The molecule has 7 nitrogen and oxygen atoms in total. The Bertz CT molecular complexity index is 536. The summed E-state index contributed by atoms with van der Waals surface area (Å²) in [6.45, 7) is 3.22. The molecule has 7 heteroatoms. The van der Waals surface area contributed by atoms with Crippen LogP contribution in [0.25, 0.3) is 0 Å². The van der Waals surface area contributed by atoms with Crippen molar-refractivity contribution < 1.29 is 18.7 Å². The number of rotatable bonds is 6. The monoisotopic (exact) mass is 293 g/mol. The topological polar surface area (TPSA) is 83.8 Å². The highest BCUT2D eigenvalue weighted by molar-refractivity contribution is 5.93. The zero-order valence-corrected chi connectivity index (χ0v) is 12.1. The van der Waals surface area contributed by atoms with E-state index in [4.69, 9.17) is 9.15 Å². The van der Waals surface area contributed by atoms with Crippen LogP contribution in [0.2, 0.25) is 0 Å². The molecule has 21 heavy (non-hydrogen) atoms. The van der Waals surface area contributed by atoms with E-state index in [-0.39, 0.29) is 12.6 Å². The zero-order chi connectivity index (χ0) is 15.2. The Hall–Kier alpha value is -2.28. The molecule has 0 atom stereocenters. The van der Waals surface area contributed by atoms with E-state index in [0.717, 1.165) is 5.76 Å². The van der Waals surface area contributed by atoms with Crippen LogP contribution in [0.15, 0.2) is 34.1 Å². The lowest BCUT2D eigenvalue weighted by Crippen LogP contribution is -2.46. The number of nitrogens with one attached hydrogen (secondary N) is 2. The van der Waals surface area contributed by atoms with Crippen LogP contribution in [-0.4, -0.2) is 43.6 Å². The Balaban J connectivity index is 2.07. The summed E-state index contributed by atoms with van der Waals surface area (Å²) in [5, 5.41) is 5.25. The van der Waals surface area contributed by atoms with Crippen molar-refractivity contribution in [1.29, 1.82) is 0 Å². The molecule has 0 saturated carbocycles. The quantitative estimate of drug-likeness (QED) is 0.759. The van der Waals surface area contributed by atoms with Gasteiger partial charge in [-0.3, -0.25) is 4.90 Å². The first kappa shape index (κ1) is 15.1. The van der Waals surface area contributed by atoms with Crippen LogP contribution in [0.3, 0.4) is 0 Å². The van der Waals surface area contributed by atoms with Crippen LogP contribution in [0.4, 0.5) is 4.79 Å². The molecule has 2 N–H and O–H groups in total. The summed E-state index contributed by atoms with van der Waals surface area (Å²) < 4.78 is 10.3. The number of carbonyl (C=O) groups excluding carboxylic acids is 2. The van der Waals surface area contributed by atoms with Gasteiger partial charge in [0.05, 0.1) is 31.5 Å². The van der Waals surface area contributed by atoms with E-state index in [1.54, 1.807) is 13.2 Å². The molecule has 1 aliphatic rings. The van der Waals surface area contributed by atoms with Gasteiger partial charge in [0.25, 0.3) is 0 Å². The molecule has 2 rings (SSSR count). The second kappa shape index (κ2) is 6.94. The number of furan rings is 1. The summed E-state index contributed by atoms with van der Waals surface area (Å²) >= 11 is 0. The minimum atomic E-state index is -0.411. The number of urea groups is 1. The van der Waals surface area contributed by atoms with Crippen LogP contribution >= 0.6 is 0 Å². The van der Waals surface area contributed by atoms with Crippen molar-refractivity contribution in [2.45, 2.75) is 13.5 Å². The van der Waals surface area contributed by atoms with Crippen molar-refractivity contribution in [3.63, 3.8) is 0 Å². The Morgan fingerprint density at radius 2 is 2.29 bits per heavy atom. The van der Waals surface area contributed by atoms with Gasteiger partial charge in [-0.25, -0.2) is 9.59 Å². The van der Waals surface area contributed by atoms with Gasteiger partial charge in [-0.05, 0) is 26.1 Å². The standard InChI is InChI=1S/C14H19N3O4/c1-3-20-13(18)11-7-15-14(19)16-12(11)9-17(2)8-10-5-4-6-21-10/h4-6H,3,7-9H2,1-2H3,(H2,15,16,19). The molecule has 1 aliphatic heterocycles. The molecular formula is C14H19N3O4. The Morgan fingerprint density at radius 1 is 1.48 bits per heavy atom. The lowest BCUT2D eigenvalue weighted by atomic mass is 10.1. The third kappa shape index (κ3) is 4.09. The average molecular weight is 293 g/mol. The fraction of sp³-hybridized carbons (Fsp3) is 0.429. The number of nitrogens with zero attached hydrogens (tertiary/aromatic N) is 1. The predicted molar refractivity (Wildman–Crippen MR) is 75.2 cm³/mol. The van der Waals surface area contributed by atoms with Crippen molar-refractivity contribution >= 4 is 12.0 Å². The molecule has 114 valence electrons. The van der Waals surface area contributed by atoms with Gasteiger partial charge in [0.15, 0.2) is 0 Å². The Morgan fingerprint density at radius 3 is 2.95 bits per heavy atom. The lowest BCUT2D eigenvalue weighted by molar-refractivity contribution is -0.138. The van der Waals surface area contributed by atoms with Gasteiger partial charge in [-0.1, -0.05) is 0 Å². The normalized spacial score (nSPS) is 14.9. The Labute approximate surface area is 122 Å². The molecule has 0 spiro atoms. The summed E-state index contributed by atoms with van der Waals surface area (Å²) in [6, 6.07) is 3.38. The summed E-state index contributed by atoms with van der Waals surface area (Å²) in [6.07, 6.45) is 1.61. The van der Waals surface area contributed by atoms with Crippen molar-refractivity contribution in [1.82, 2.24) is 15.5 Å². The van der Waals surface area contributed by atoms with E-state index >= 15 is 0 Å². The first-order chi connectivity index (χ1) is 10.1. The number of likely N-dealkylation sites (N-methyl/N-ethyl adjacent to an activating group) is 1. The van der Waals surface area contributed by atoms with E-state index in [1.165, 1.54) is 0 Å². The molecule has 1 aromatic rings. The molecule has 0 aliphatic carbocycles. The van der Waals surface area contributed by atoms with Crippen molar-refractivity contribution in [3.8, 4) is 0 Å². The van der Waals surface area contributed by atoms with Crippen LogP contribution in [-0.2, 0) is 16.1 Å². The summed E-state index contributed by atoms with van der Waals surface area (Å²) in [5.41, 5.74) is 1.01. The second-order valence-electron chi connectivity index (χ2n) is 4.74. The van der Waals surface area contributed by atoms with Crippen LogP contribution in [0, 0.1) is 0 Å². The largest absolute Gasteiger partial charge is 0.468 e. The smallest absolute Gasteiger partial charge is 0.337 e. The zero-order valence-electron chi connectivity index (χ0n) is 12.1. The molecule has 0 saturated heterocycles. The SMILES string of the molecule is CCOC(=O)C1=C(CN(C)Cc2ccco2)NC(=O)NC1. The van der Waals surface area contributed by atoms with Crippen molar-refractivity contribution in [3.05, 3.63) is 35.4 Å². The van der Waals surface area contributed by atoms with E-state index in [9.17, 15) is 9.59 Å². The number of hydrogen-bond donors (Lipinski definition) is 2. The first-order valence-electron chi connectivity index (χ1n) is 6.75. The number of hydrogen-bond acceptors (Lipinski definition) is 5. The van der Waals surface area contributed by atoms with E-state index < -0.39 is 5.97 Å². The van der Waals surface area contributed by atoms with Gasteiger partial charge in [-0.2, -0.15) is 0 Å². The molecule has 0 aromatic carbocycles. The van der Waals surface area contributed by atoms with Gasteiger partial charge in [0, 0.05) is 12.2 Å². The lowest BCUT2D eigenvalue weighted by Gasteiger charge is -2.24. The first-order valence-corrected chi connectivity index (χ1v) is 6.75. The minimum absolute atomic E-state index is 0.175. The molecule has 0 bridgehead atoms. The third-order valence-electron chi connectivity index (χ3n) is 3.01. The van der Waals surface area contributed by atoms with Gasteiger partial charge < -0.3 is 19.8 Å². The molecule has 0 unspecified atom stereocenters. The van der Waals surface area contributed by atoms with Crippen LogP contribution in [0.5, 0.6) is 0 Å². The van der Waals surface area contributed by atoms with E-state index in [1.807, 2.05) is 24.1 Å². The maximum absolute atomic E-state index is 11.9. The van der Waals surface area contributed by atoms with Crippen LogP contribution < -0.4 is 10.6 Å². The maximum Gasteiger partial charge on any atom is 0.337 e. The molecule has 2 heterocycles. The van der Waals surface area contributed by atoms with E-state index in [0.29, 0.717) is 31.0 Å². The summed E-state index contributed by atoms with van der Waals surface area (Å²) in [7, 11) is 1.88. The summed E-state index contributed by atoms with van der Waals surface area (Å²) in [5.74, 6) is 0.405.